The Morgan fingerprint density at radius 2 is 2.05 bits per heavy atom. The minimum absolute atomic E-state index is 0.0979. The SMILES string of the molecule is O=C(CC1CCNCC1)Nc1ccccc1SC(F)F. The van der Waals surface area contributed by atoms with Gasteiger partial charge in [0.15, 0.2) is 0 Å². The summed E-state index contributed by atoms with van der Waals surface area (Å²) in [5.74, 6) is -2.21. The summed E-state index contributed by atoms with van der Waals surface area (Å²) in [7, 11) is 0. The molecule has 1 saturated heterocycles. The van der Waals surface area contributed by atoms with E-state index in [1.165, 1.54) is 0 Å². The summed E-state index contributed by atoms with van der Waals surface area (Å²) in [5, 5.41) is 6.00. The van der Waals surface area contributed by atoms with Crippen LogP contribution in [0.2, 0.25) is 0 Å². The zero-order valence-corrected chi connectivity index (χ0v) is 11.9. The van der Waals surface area contributed by atoms with E-state index in [4.69, 9.17) is 0 Å². The van der Waals surface area contributed by atoms with Gasteiger partial charge in [-0.15, -0.1) is 0 Å². The molecule has 0 atom stereocenters. The van der Waals surface area contributed by atoms with E-state index in [1.807, 2.05) is 0 Å². The van der Waals surface area contributed by atoms with Gasteiger partial charge in [0.1, 0.15) is 0 Å². The molecule has 2 N–H and O–H groups in total. The minimum atomic E-state index is -2.49. The first kappa shape index (κ1) is 15.3. The second-order valence-corrected chi connectivity index (χ2v) is 5.85. The van der Waals surface area contributed by atoms with Crippen molar-refractivity contribution in [1.29, 1.82) is 0 Å². The van der Waals surface area contributed by atoms with Crippen LogP contribution in [-0.4, -0.2) is 24.8 Å². The molecule has 0 aliphatic carbocycles. The topological polar surface area (TPSA) is 41.1 Å². The number of nitrogens with one attached hydrogen (secondary N) is 2. The van der Waals surface area contributed by atoms with E-state index in [9.17, 15) is 13.6 Å². The van der Waals surface area contributed by atoms with Crippen molar-refractivity contribution in [2.45, 2.75) is 29.9 Å². The van der Waals surface area contributed by atoms with Crippen molar-refractivity contribution >= 4 is 23.4 Å². The highest BCUT2D eigenvalue weighted by Crippen LogP contribution is 2.31. The number of carbonyl (C=O) groups is 1. The monoisotopic (exact) mass is 300 g/mol. The molecule has 20 heavy (non-hydrogen) atoms. The Hall–Kier alpha value is -1.14. The fraction of sp³-hybridized carbons (Fsp3) is 0.500. The molecule has 1 heterocycles. The first-order chi connectivity index (χ1) is 9.65. The number of anilines is 1. The van der Waals surface area contributed by atoms with Crippen molar-refractivity contribution in [3.05, 3.63) is 24.3 Å². The van der Waals surface area contributed by atoms with Crippen molar-refractivity contribution in [3.63, 3.8) is 0 Å². The Kier molecular flexibility index (Phi) is 5.79. The van der Waals surface area contributed by atoms with Crippen molar-refractivity contribution in [2.24, 2.45) is 5.92 Å². The predicted molar refractivity (Wildman–Crippen MR) is 77.1 cm³/mol. The van der Waals surface area contributed by atoms with Gasteiger partial charge in [-0.3, -0.25) is 4.79 Å². The van der Waals surface area contributed by atoms with Gasteiger partial charge in [-0.2, -0.15) is 8.78 Å². The second kappa shape index (κ2) is 7.59. The van der Waals surface area contributed by atoms with Gasteiger partial charge in [-0.25, -0.2) is 0 Å². The maximum absolute atomic E-state index is 12.5. The number of rotatable bonds is 5. The van der Waals surface area contributed by atoms with Gasteiger partial charge in [-0.1, -0.05) is 23.9 Å². The average molecular weight is 300 g/mol. The van der Waals surface area contributed by atoms with E-state index in [0.717, 1.165) is 25.9 Å². The Morgan fingerprint density at radius 1 is 1.35 bits per heavy atom. The molecule has 1 aromatic carbocycles. The van der Waals surface area contributed by atoms with Crippen LogP contribution in [0.25, 0.3) is 0 Å². The van der Waals surface area contributed by atoms with Crippen LogP contribution in [0.1, 0.15) is 19.3 Å². The Balaban J connectivity index is 1.93. The number of para-hydroxylation sites is 1. The molecule has 0 radical (unpaired) electrons. The number of hydrogen-bond acceptors (Lipinski definition) is 3. The highest BCUT2D eigenvalue weighted by atomic mass is 32.2. The molecule has 0 unspecified atom stereocenters. The third-order valence-corrected chi connectivity index (χ3v) is 4.10. The van der Waals surface area contributed by atoms with Crippen molar-refractivity contribution in [1.82, 2.24) is 5.32 Å². The molecule has 6 heteroatoms. The number of thioether (sulfide) groups is 1. The molecule has 0 saturated carbocycles. The Morgan fingerprint density at radius 3 is 2.75 bits per heavy atom. The highest BCUT2D eigenvalue weighted by Gasteiger charge is 2.18. The highest BCUT2D eigenvalue weighted by molar-refractivity contribution is 7.99. The molecular formula is C14H18F2N2OS. The molecule has 0 aromatic heterocycles. The van der Waals surface area contributed by atoms with Crippen molar-refractivity contribution in [3.8, 4) is 0 Å². The number of piperidine rings is 1. The van der Waals surface area contributed by atoms with Gasteiger partial charge < -0.3 is 10.6 Å². The van der Waals surface area contributed by atoms with Crippen LogP contribution < -0.4 is 10.6 Å². The number of benzene rings is 1. The van der Waals surface area contributed by atoms with Crippen molar-refractivity contribution in [2.75, 3.05) is 18.4 Å². The zero-order valence-electron chi connectivity index (χ0n) is 11.1. The van der Waals surface area contributed by atoms with Crippen LogP contribution >= 0.6 is 11.8 Å². The maximum atomic E-state index is 12.5. The standard InChI is InChI=1S/C14H18F2N2OS/c15-14(16)20-12-4-2-1-3-11(12)18-13(19)9-10-5-7-17-8-6-10/h1-4,10,14,17H,5-9H2,(H,18,19). The van der Waals surface area contributed by atoms with Crippen LogP contribution in [0.4, 0.5) is 14.5 Å². The van der Waals surface area contributed by atoms with Gasteiger partial charge in [0.05, 0.1) is 5.69 Å². The largest absolute Gasteiger partial charge is 0.325 e. The van der Waals surface area contributed by atoms with E-state index < -0.39 is 5.76 Å². The molecule has 0 bridgehead atoms. The molecule has 1 aliphatic rings. The van der Waals surface area contributed by atoms with Crippen LogP contribution in [-0.2, 0) is 4.79 Å². The number of alkyl halides is 2. The van der Waals surface area contributed by atoms with Gasteiger partial charge in [0, 0.05) is 11.3 Å². The first-order valence-electron chi connectivity index (χ1n) is 6.69. The van der Waals surface area contributed by atoms with Gasteiger partial charge >= 0.3 is 0 Å². The van der Waals surface area contributed by atoms with E-state index in [0.29, 0.717) is 34.7 Å². The summed E-state index contributed by atoms with van der Waals surface area (Å²) >= 11 is 0.455. The summed E-state index contributed by atoms with van der Waals surface area (Å²) in [6.07, 6.45) is 2.43. The fourth-order valence-corrected chi connectivity index (χ4v) is 2.91. The molecule has 1 aliphatic heterocycles. The van der Waals surface area contributed by atoms with Gasteiger partial charge in [-0.05, 0) is 44.0 Å². The molecule has 1 fully saturated rings. The normalized spacial score (nSPS) is 16.4. The number of hydrogen-bond donors (Lipinski definition) is 2. The molecular weight excluding hydrogens is 282 g/mol. The van der Waals surface area contributed by atoms with E-state index in [-0.39, 0.29) is 5.91 Å². The first-order valence-corrected chi connectivity index (χ1v) is 7.57. The Labute approximate surface area is 121 Å². The summed E-state index contributed by atoms with van der Waals surface area (Å²) in [5.41, 5.74) is 0.469. The lowest BCUT2D eigenvalue weighted by Gasteiger charge is -2.22. The number of halogens is 2. The predicted octanol–water partition coefficient (Wildman–Crippen LogP) is 3.33. The van der Waals surface area contributed by atoms with Crippen LogP contribution in [0.15, 0.2) is 29.2 Å². The molecule has 1 aromatic rings. The van der Waals surface area contributed by atoms with Gasteiger partial charge in [0.2, 0.25) is 5.91 Å². The smallest absolute Gasteiger partial charge is 0.288 e. The lowest BCUT2D eigenvalue weighted by Crippen LogP contribution is -2.30. The molecule has 110 valence electrons. The van der Waals surface area contributed by atoms with E-state index in [2.05, 4.69) is 10.6 Å². The third kappa shape index (κ3) is 4.76. The fourth-order valence-electron chi connectivity index (χ4n) is 2.32. The van der Waals surface area contributed by atoms with Gasteiger partial charge in [0.25, 0.3) is 5.76 Å². The third-order valence-electron chi connectivity index (χ3n) is 3.31. The van der Waals surface area contributed by atoms with E-state index in [1.54, 1.807) is 24.3 Å². The minimum Gasteiger partial charge on any atom is -0.325 e. The molecule has 0 spiro atoms. The zero-order chi connectivity index (χ0) is 14.4. The van der Waals surface area contributed by atoms with Crippen LogP contribution in [0.3, 0.4) is 0 Å². The summed E-state index contributed by atoms with van der Waals surface area (Å²) in [6.45, 7) is 1.88. The lowest BCUT2D eigenvalue weighted by molar-refractivity contribution is -0.117. The maximum Gasteiger partial charge on any atom is 0.288 e. The number of amides is 1. The van der Waals surface area contributed by atoms with Crippen LogP contribution in [0.5, 0.6) is 0 Å². The lowest BCUT2D eigenvalue weighted by atomic mass is 9.94. The summed E-state index contributed by atoms with van der Waals surface area (Å²) < 4.78 is 24.9. The van der Waals surface area contributed by atoms with E-state index >= 15 is 0 Å². The van der Waals surface area contributed by atoms with Crippen molar-refractivity contribution < 1.29 is 13.6 Å². The molecule has 2 rings (SSSR count). The average Bonchev–Trinajstić information content (AvgIpc) is 2.41. The molecule has 1 amide bonds. The van der Waals surface area contributed by atoms with Crippen LogP contribution in [0, 0.1) is 5.92 Å². The summed E-state index contributed by atoms with van der Waals surface area (Å²) in [6, 6.07) is 6.67. The quantitative estimate of drug-likeness (QED) is 0.820. The summed E-state index contributed by atoms with van der Waals surface area (Å²) in [4.78, 5) is 12.4. The number of carbonyl (C=O) groups excluding carboxylic acids is 1. The Bertz CT molecular complexity index is 451. The molecule has 3 nitrogen and oxygen atoms in total. The second-order valence-electron chi connectivity index (χ2n) is 4.82.